The number of aromatic nitrogens is 3. The maximum Gasteiger partial charge on any atom is 0.109 e. The van der Waals surface area contributed by atoms with Gasteiger partial charge in [-0.1, -0.05) is 26.0 Å². The first-order valence-corrected chi connectivity index (χ1v) is 4.61. The maximum absolute atomic E-state index is 12.0. The molecule has 0 aliphatic rings. The molecule has 0 amide bonds. The number of rotatable bonds is 4. The molecule has 0 N–H and O–H groups in total. The summed E-state index contributed by atoms with van der Waals surface area (Å²) in [6.45, 7) is 6.29. The van der Waals surface area contributed by atoms with Gasteiger partial charge in [-0.2, -0.15) is 0 Å². The van der Waals surface area contributed by atoms with Crippen molar-refractivity contribution in [2.24, 2.45) is 5.92 Å². The lowest BCUT2D eigenvalue weighted by Crippen LogP contribution is -2.02. The summed E-state index contributed by atoms with van der Waals surface area (Å²) in [5.74, 6) is 0.920. The minimum atomic E-state index is -0.390. The van der Waals surface area contributed by atoms with Crippen LogP contribution in [0.2, 0.25) is 0 Å². The number of hydrogen-bond donors (Lipinski definition) is 0. The van der Waals surface area contributed by atoms with Crippen molar-refractivity contribution in [3.8, 4) is 0 Å². The zero-order valence-electron chi connectivity index (χ0n) is 8.37. The van der Waals surface area contributed by atoms with Crippen molar-refractivity contribution in [2.45, 2.75) is 33.2 Å². The van der Waals surface area contributed by atoms with E-state index in [0.29, 0.717) is 18.4 Å². The van der Waals surface area contributed by atoms with E-state index in [1.165, 1.54) is 0 Å². The van der Waals surface area contributed by atoms with E-state index in [1.54, 1.807) is 4.68 Å². The van der Waals surface area contributed by atoms with Gasteiger partial charge in [-0.15, -0.1) is 5.10 Å². The van der Waals surface area contributed by atoms with Crippen LogP contribution >= 0.6 is 0 Å². The molecule has 1 aromatic rings. The predicted molar refractivity (Wildman–Crippen MR) is 49.3 cm³/mol. The number of hydrogen-bond acceptors (Lipinski definition) is 2. The average molecular weight is 185 g/mol. The van der Waals surface area contributed by atoms with Crippen LogP contribution in [0.5, 0.6) is 0 Å². The van der Waals surface area contributed by atoms with Crippen LogP contribution in [0, 0.1) is 5.92 Å². The topological polar surface area (TPSA) is 30.7 Å². The molecule has 0 spiro atoms. The summed E-state index contributed by atoms with van der Waals surface area (Å²) < 4.78 is 13.5. The fourth-order valence-electron chi connectivity index (χ4n) is 1.06. The number of halogens is 1. The van der Waals surface area contributed by atoms with Crippen molar-refractivity contribution in [1.29, 1.82) is 0 Å². The quantitative estimate of drug-likeness (QED) is 0.718. The van der Waals surface area contributed by atoms with Gasteiger partial charge in [0.25, 0.3) is 0 Å². The van der Waals surface area contributed by atoms with Crippen LogP contribution in [0.4, 0.5) is 4.39 Å². The molecule has 1 unspecified atom stereocenters. The Morgan fingerprint density at radius 2 is 2.15 bits per heavy atom. The van der Waals surface area contributed by atoms with Gasteiger partial charge in [0.2, 0.25) is 0 Å². The monoisotopic (exact) mass is 185 g/mol. The van der Waals surface area contributed by atoms with Gasteiger partial charge in [0.15, 0.2) is 0 Å². The molecule has 4 heteroatoms. The molecule has 0 fully saturated rings. The summed E-state index contributed by atoms with van der Waals surface area (Å²) in [6, 6.07) is 0. The second-order valence-electron chi connectivity index (χ2n) is 3.63. The Morgan fingerprint density at radius 1 is 1.46 bits per heavy atom. The van der Waals surface area contributed by atoms with E-state index in [1.807, 2.05) is 6.20 Å². The Labute approximate surface area is 77.9 Å². The smallest absolute Gasteiger partial charge is 0.109 e. The van der Waals surface area contributed by atoms with Gasteiger partial charge in [0.05, 0.1) is 12.2 Å². The zero-order chi connectivity index (χ0) is 9.84. The van der Waals surface area contributed by atoms with E-state index in [4.69, 9.17) is 0 Å². The zero-order valence-corrected chi connectivity index (χ0v) is 8.37. The third-order valence-corrected chi connectivity index (χ3v) is 2.34. The van der Waals surface area contributed by atoms with Gasteiger partial charge < -0.3 is 0 Å². The van der Waals surface area contributed by atoms with Crippen molar-refractivity contribution in [2.75, 3.05) is 6.67 Å². The summed E-state index contributed by atoms with van der Waals surface area (Å²) in [5, 5.41) is 7.84. The lowest BCUT2D eigenvalue weighted by molar-refractivity contribution is 0.422. The molecule has 74 valence electrons. The van der Waals surface area contributed by atoms with Gasteiger partial charge in [-0.05, 0) is 5.92 Å². The largest absolute Gasteiger partial charge is 0.250 e. The fraction of sp³-hybridized carbons (Fsp3) is 0.778. The molecular weight excluding hydrogens is 169 g/mol. The molecule has 1 atom stereocenters. The Balaban J connectivity index is 2.67. The van der Waals surface area contributed by atoms with Crippen molar-refractivity contribution < 1.29 is 4.39 Å². The van der Waals surface area contributed by atoms with E-state index in [2.05, 4.69) is 31.1 Å². The number of aryl methyl sites for hydroxylation is 1. The average Bonchev–Trinajstić information content (AvgIpc) is 2.52. The molecule has 0 aliphatic carbocycles. The standard InChI is InChI=1S/C9H16FN3/c1-7(2)8(3)9-6-13(5-4-10)12-11-9/h6-8H,4-5H2,1-3H3. The summed E-state index contributed by atoms with van der Waals surface area (Å²) in [6.07, 6.45) is 1.82. The Kier molecular flexibility index (Phi) is 3.39. The molecule has 1 heterocycles. The molecule has 0 saturated carbocycles. The van der Waals surface area contributed by atoms with Gasteiger partial charge in [0, 0.05) is 12.1 Å². The number of alkyl halides is 1. The molecule has 0 saturated heterocycles. The lowest BCUT2D eigenvalue weighted by Gasteiger charge is -2.10. The van der Waals surface area contributed by atoms with Gasteiger partial charge in [-0.3, -0.25) is 0 Å². The highest BCUT2D eigenvalue weighted by Crippen LogP contribution is 2.20. The van der Waals surface area contributed by atoms with Crippen LogP contribution in [0.3, 0.4) is 0 Å². The highest BCUT2D eigenvalue weighted by atomic mass is 19.1. The van der Waals surface area contributed by atoms with Gasteiger partial charge in [0.1, 0.15) is 6.67 Å². The highest BCUT2D eigenvalue weighted by molar-refractivity contribution is 5.01. The van der Waals surface area contributed by atoms with Crippen molar-refractivity contribution in [3.05, 3.63) is 11.9 Å². The normalized spacial score (nSPS) is 13.6. The molecule has 13 heavy (non-hydrogen) atoms. The van der Waals surface area contributed by atoms with E-state index >= 15 is 0 Å². The summed E-state index contributed by atoms with van der Waals surface area (Å²) in [7, 11) is 0. The maximum atomic E-state index is 12.0. The molecule has 1 aromatic heterocycles. The lowest BCUT2D eigenvalue weighted by atomic mass is 9.95. The van der Waals surface area contributed by atoms with Gasteiger partial charge in [-0.25, -0.2) is 9.07 Å². The van der Waals surface area contributed by atoms with E-state index < -0.39 is 6.67 Å². The highest BCUT2D eigenvalue weighted by Gasteiger charge is 2.13. The van der Waals surface area contributed by atoms with Crippen LogP contribution in [-0.2, 0) is 6.54 Å². The molecule has 0 aromatic carbocycles. The summed E-state index contributed by atoms with van der Waals surface area (Å²) >= 11 is 0. The summed E-state index contributed by atoms with van der Waals surface area (Å²) in [4.78, 5) is 0. The second kappa shape index (κ2) is 4.35. The van der Waals surface area contributed by atoms with Gasteiger partial charge >= 0.3 is 0 Å². The molecular formula is C9H16FN3. The second-order valence-corrected chi connectivity index (χ2v) is 3.63. The fourth-order valence-corrected chi connectivity index (χ4v) is 1.06. The Bertz CT molecular complexity index is 257. The van der Waals surface area contributed by atoms with Crippen LogP contribution in [0.25, 0.3) is 0 Å². The molecule has 3 nitrogen and oxygen atoms in total. The molecule has 1 rings (SSSR count). The first-order valence-electron chi connectivity index (χ1n) is 4.61. The predicted octanol–water partition coefficient (Wildman–Crippen LogP) is 2.01. The molecule has 0 aliphatic heterocycles. The van der Waals surface area contributed by atoms with Crippen LogP contribution in [0.15, 0.2) is 6.20 Å². The van der Waals surface area contributed by atoms with E-state index in [9.17, 15) is 4.39 Å². The minimum Gasteiger partial charge on any atom is -0.250 e. The molecule has 0 bridgehead atoms. The Hall–Kier alpha value is -0.930. The van der Waals surface area contributed by atoms with Crippen molar-refractivity contribution >= 4 is 0 Å². The van der Waals surface area contributed by atoms with Crippen molar-refractivity contribution in [1.82, 2.24) is 15.0 Å². The first-order chi connectivity index (χ1) is 6.15. The van der Waals surface area contributed by atoms with Crippen LogP contribution in [0.1, 0.15) is 32.4 Å². The third kappa shape index (κ3) is 2.50. The third-order valence-electron chi connectivity index (χ3n) is 2.34. The van der Waals surface area contributed by atoms with Crippen LogP contribution < -0.4 is 0 Å². The first kappa shape index (κ1) is 10.2. The number of nitrogens with zero attached hydrogens (tertiary/aromatic N) is 3. The van der Waals surface area contributed by atoms with E-state index in [0.717, 1.165) is 5.69 Å². The van der Waals surface area contributed by atoms with Crippen LogP contribution in [-0.4, -0.2) is 21.7 Å². The summed E-state index contributed by atoms with van der Waals surface area (Å²) in [5.41, 5.74) is 0.948. The molecule has 0 radical (unpaired) electrons. The minimum absolute atomic E-state index is 0.303. The van der Waals surface area contributed by atoms with E-state index in [-0.39, 0.29) is 0 Å². The van der Waals surface area contributed by atoms with Crippen molar-refractivity contribution in [3.63, 3.8) is 0 Å². The SMILES string of the molecule is CC(C)C(C)c1cn(CCF)nn1. The Morgan fingerprint density at radius 3 is 2.69 bits per heavy atom.